The van der Waals surface area contributed by atoms with Crippen molar-refractivity contribution in [3.8, 4) is 33.5 Å². The Balaban J connectivity index is 0.886. The van der Waals surface area contributed by atoms with Gasteiger partial charge in [-0.05, 0) is 97.0 Å². The van der Waals surface area contributed by atoms with Gasteiger partial charge in [-0.2, -0.15) is 8.78 Å². The predicted molar refractivity (Wildman–Crippen MR) is 242 cm³/mol. The molecule has 3 fully saturated rings. The number of rotatable bonds is 11. The van der Waals surface area contributed by atoms with Gasteiger partial charge in [0.2, 0.25) is 5.91 Å². The predicted octanol–water partition coefficient (Wildman–Crippen LogP) is 8.31. The van der Waals surface area contributed by atoms with Crippen LogP contribution >= 0.6 is 0 Å². The van der Waals surface area contributed by atoms with Crippen molar-refractivity contribution in [3.63, 3.8) is 0 Å². The lowest BCUT2D eigenvalue weighted by Crippen LogP contribution is -2.56. The zero-order valence-corrected chi connectivity index (χ0v) is 37.3. The minimum Gasteiger partial charge on any atom is -0.453 e. The van der Waals surface area contributed by atoms with E-state index in [4.69, 9.17) is 19.2 Å². The van der Waals surface area contributed by atoms with E-state index in [1.807, 2.05) is 35.2 Å². The van der Waals surface area contributed by atoms with Crippen LogP contribution in [0.15, 0.2) is 91.1 Å². The Morgan fingerprint density at radius 3 is 2.21 bits per heavy atom. The molecule has 17 heteroatoms. The number of nitrogens with one attached hydrogen (secondary N) is 4. The number of halogens is 2. The number of carbonyl (C=O) groups is 4. The lowest BCUT2D eigenvalue weighted by Gasteiger charge is -2.37. The molecule has 2 aliphatic carbocycles. The van der Waals surface area contributed by atoms with Crippen LogP contribution < -0.4 is 10.6 Å². The number of likely N-dealkylation sites (tertiary alicyclic amines) is 2. The van der Waals surface area contributed by atoms with Gasteiger partial charge in [0.05, 0.1) is 55.3 Å². The van der Waals surface area contributed by atoms with Crippen LogP contribution in [0.25, 0.3) is 44.5 Å². The number of methoxy groups -OCH3 is 3. The first-order chi connectivity index (χ1) is 32.4. The first-order valence-electron chi connectivity index (χ1n) is 22.5. The Bertz CT molecular complexity index is 2900. The Labute approximate surface area is 384 Å². The molecule has 2 saturated heterocycles. The van der Waals surface area contributed by atoms with E-state index >= 15 is 8.78 Å². The number of nitrogens with zero attached hydrogens (tertiary/aromatic N) is 4. The number of amides is 4. The van der Waals surface area contributed by atoms with Gasteiger partial charge in [0.15, 0.2) is 0 Å². The molecule has 4 N–H and O–H groups in total. The monoisotopic (exact) mass is 912 g/mol. The summed E-state index contributed by atoms with van der Waals surface area (Å²) in [7, 11) is 3.97. The number of imidazole rings is 2. The molecule has 6 aromatic rings. The maximum atomic E-state index is 16.7. The van der Waals surface area contributed by atoms with Gasteiger partial charge in [0.1, 0.15) is 23.7 Å². The quantitative estimate of drug-likeness (QED) is 0.0993. The van der Waals surface area contributed by atoms with Crippen molar-refractivity contribution in [1.82, 2.24) is 40.4 Å². The Hall–Kier alpha value is -7.14. The highest BCUT2D eigenvalue weighted by atomic mass is 19.3. The number of H-pyrrole nitrogens is 2. The zero-order chi connectivity index (χ0) is 46.7. The Morgan fingerprint density at radius 1 is 0.791 bits per heavy atom. The molecule has 346 valence electrons. The Kier molecular flexibility index (Phi) is 11.3. The number of carbonyl (C=O) groups excluding carboxylic acids is 4. The fourth-order valence-corrected chi connectivity index (χ4v) is 10.7. The second-order valence-electron chi connectivity index (χ2n) is 17.8. The molecule has 2 aliphatic heterocycles. The van der Waals surface area contributed by atoms with E-state index in [1.54, 1.807) is 66.6 Å². The third kappa shape index (κ3) is 7.64. The molecule has 0 spiro atoms. The molecule has 4 aliphatic rings. The molecule has 0 radical (unpaired) electrons. The summed E-state index contributed by atoms with van der Waals surface area (Å²) in [6, 6.07) is 22.0. The summed E-state index contributed by atoms with van der Waals surface area (Å²) in [5.41, 5.74) is 5.04. The van der Waals surface area contributed by atoms with E-state index in [-0.39, 0.29) is 40.9 Å². The summed E-state index contributed by atoms with van der Waals surface area (Å²) in [4.78, 5) is 72.6. The number of aromatic amines is 2. The van der Waals surface area contributed by atoms with E-state index in [1.165, 1.54) is 27.4 Å². The largest absolute Gasteiger partial charge is 0.453 e. The van der Waals surface area contributed by atoms with E-state index in [0.29, 0.717) is 75.6 Å². The van der Waals surface area contributed by atoms with Gasteiger partial charge < -0.3 is 44.6 Å². The molecule has 0 unspecified atom stereocenters. The average molecular weight is 913 g/mol. The van der Waals surface area contributed by atoms with Crippen LogP contribution in [0.3, 0.4) is 0 Å². The van der Waals surface area contributed by atoms with E-state index < -0.39 is 42.3 Å². The van der Waals surface area contributed by atoms with E-state index in [2.05, 4.69) is 25.6 Å². The summed E-state index contributed by atoms with van der Waals surface area (Å²) in [6.45, 7) is 2.17. The fourth-order valence-electron chi connectivity index (χ4n) is 10.7. The third-order valence-electron chi connectivity index (χ3n) is 14.1. The highest BCUT2D eigenvalue weighted by Gasteiger charge is 2.52. The number of ether oxygens (including phenoxy) is 3. The smallest absolute Gasteiger partial charge is 0.407 e. The van der Waals surface area contributed by atoms with Gasteiger partial charge in [-0.1, -0.05) is 60.7 Å². The van der Waals surface area contributed by atoms with Crippen LogP contribution in [0.1, 0.15) is 85.5 Å². The van der Waals surface area contributed by atoms with Crippen LogP contribution in [-0.4, -0.2) is 99.8 Å². The molecule has 4 amide bonds. The van der Waals surface area contributed by atoms with Gasteiger partial charge >= 0.3 is 12.2 Å². The maximum absolute atomic E-state index is 16.7. The van der Waals surface area contributed by atoms with Crippen molar-refractivity contribution >= 4 is 35.0 Å². The minimum atomic E-state index is -3.31. The molecular weight excluding hydrogens is 863 g/mol. The maximum Gasteiger partial charge on any atom is 0.407 e. The summed E-state index contributed by atoms with van der Waals surface area (Å²) in [5, 5.41) is 5.33. The summed E-state index contributed by atoms with van der Waals surface area (Å²) < 4.78 is 48.5. The van der Waals surface area contributed by atoms with E-state index in [0.717, 1.165) is 24.8 Å². The van der Waals surface area contributed by atoms with Gasteiger partial charge in [-0.15, -0.1) is 0 Å². The number of hydrogen-bond acceptors (Lipinski definition) is 9. The van der Waals surface area contributed by atoms with Crippen molar-refractivity contribution in [1.29, 1.82) is 0 Å². The summed E-state index contributed by atoms with van der Waals surface area (Å²) in [6.07, 6.45) is 3.46. The molecule has 2 aromatic heterocycles. The number of aromatic nitrogens is 4. The number of alkyl halides is 2. The van der Waals surface area contributed by atoms with Crippen molar-refractivity contribution in [3.05, 3.63) is 119 Å². The SMILES string of the molecule is COC(=O)N[C@H](C(=O)N1[C@@H]2CC[C@H](C2)[C@H]1c1nc2ccc(-c3ccc4c(c3)C(F)(F)c3cc(-c5cnc([C@@H]6CCCN6C(=O)[C@H](NC(=O)OC)c6ccccc6)[nH]5)ccc3-4)cc2[nH]1)[C@@H](C)OC. The number of hydrogen-bond donors (Lipinski definition) is 4. The van der Waals surface area contributed by atoms with Crippen LogP contribution in [0.5, 0.6) is 0 Å². The van der Waals surface area contributed by atoms with Gasteiger partial charge in [0, 0.05) is 36.4 Å². The first kappa shape index (κ1) is 43.7. The van der Waals surface area contributed by atoms with Gasteiger partial charge in [-0.3, -0.25) is 9.59 Å². The number of alkyl carbamates (subject to hydrolysis) is 2. The summed E-state index contributed by atoms with van der Waals surface area (Å²) in [5.74, 6) is -2.57. The second-order valence-corrected chi connectivity index (χ2v) is 17.8. The average Bonchev–Trinajstić information content (AvgIpc) is 4.23. The number of fused-ring (bicyclic) bond motifs is 6. The van der Waals surface area contributed by atoms with Crippen molar-refractivity contribution < 1.29 is 42.2 Å². The normalized spacial score (nSPS) is 21.4. The van der Waals surface area contributed by atoms with Crippen LogP contribution in [0, 0.1) is 5.92 Å². The highest BCUT2D eigenvalue weighted by molar-refractivity contribution is 5.90. The molecule has 7 atom stereocenters. The lowest BCUT2D eigenvalue weighted by molar-refractivity contribution is -0.141. The molecule has 67 heavy (non-hydrogen) atoms. The zero-order valence-electron chi connectivity index (χ0n) is 37.3. The molecule has 4 heterocycles. The van der Waals surface area contributed by atoms with E-state index in [9.17, 15) is 19.2 Å². The standard InChI is InChI=1S/C50H50F2N8O7/c1-26(65-2)41(57-48(63)66-3)47(62)60-32-16-12-31(21-32)43(60)45-54-37-19-15-29(24-38(37)55-45)28-13-17-33-34-18-14-30(23-36(34)50(51,52)35(33)22-28)39-25-53-44(56-39)40-11-8-20-59(40)46(61)42(58-49(64)67-4)27-9-6-5-7-10-27/h5-7,9-10,13-15,17-19,22-26,31-32,40-43H,8,11-12,16,20-21H2,1-4H3,(H,53,56)(H,54,55)(H,57,63)(H,58,64)/t26-,31-,32-,40+,41+,42-,43+/m1/s1. The topological polar surface area (TPSA) is 184 Å². The van der Waals surface area contributed by atoms with Gasteiger partial charge in [0.25, 0.3) is 11.8 Å². The molecular formula is C50H50F2N8O7. The number of benzene rings is 4. The molecule has 4 aromatic carbocycles. The summed E-state index contributed by atoms with van der Waals surface area (Å²) >= 11 is 0. The van der Waals surface area contributed by atoms with Crippen LogP contribution in [-0.2, 0) is 29.7 Å². The van der Waals surface area contributed by atoms with Crippen LogP contribution in [0.2, 0.25) is 0 Å². The Morgan fingerprint density at radius 2 is 1.48 bits per heavy atom. The highest BCUT2D eigenvalue weighted by Crippen LogP contribution is 2.53. The molecule has 2 bridgehead atoms. The molecule has 10 rings (SSSR count). The number of piperidine rings is 1. The van der Waals surface area contributed by atoms with Crippen molar-refractivity contribution in [2.75, 3.05) is 27.9 Å². The molecule has 1 saturated carbocycles. The minimum absolute atomic E-state index is 0.0135. The first-order valence-corrected chi connectivity index (χ1v) is 22.5. The van der Waals surface area contributed by atoms with Gasteiger partial charge in [-0.25, -0.2) is 19.6 Å². The fraction of sp³-hybridized carbons (Fsp3) is 0.360. The van der Waals surface area contributed by atoms with Crippen LogP contribution in [0.4, 0.5) is 18.4 Å². The van der Waals surface area contributed by atoms with Crippen molar-refractivity contribution in [2.24, 2.45) is 5.92 Å². The van der Waals surface area contributed by atoms with Crippen molar-refractivity contribution in [2.45, 2.75) is 81.3 Å². The second kappa shape index (κ2) is 17.3. The third-order valence-corrected chi connectivity index (χ3v) is 14.1. The molecule has 15 nitrogen and oxygen atoms in total. The lowest BCUT2D eigenvalue weighted by atomic mass is 9.97.